The van der Waals surface area contributed by atoms with Crippen LogP contribution in [0.25, 0.3) is 0 Å². The van der Waals surface area contributed by atoms with Crippen LogP contribution in [-0.4, -0.2) is 36.4 Å². The first kappa shape index (κ1) is 63.1. The summed E-state index contributed by atoms with van der Waals surface area (Å²) in [6, 6.07) is 0. The average Bonchev–Trinajstić information content (AvgIpc) is 3.31. The molecule has 1 N–H and O–H groups in total. The predicted molar refractivity (Wildman–Crippen MR) is 284 cm³/mol. The van der Waals surface area contributed by atoms with Crippen molar-refractivity contribution >= 4 is 11.9 Å². The molecule has 0 fully saturated rings. The van der Waals surface area contributed by atoms with Crippen molar-refractivity contribution in [2.75, 3.05) is 13.2 Å². The van der Waals surface area contributed by atoms with Gasteiger partial charge >= 0.3 is 11.9 Å². The van der Waals surface area contributed by atoms with Crippen LogP contribution in [0, 0.1) is 0 Å². The molecule has 0 saturated carbocycles. The smallest absolute Gasteiger partial charge is 0.306 e. The monoisotopic (exact) mass is 913 g/mol. The lowest BCUT2D eigenvalue weighted by atomic mass is 10.0. The first-order valence-electron chi connectivity index (χ1n) is 29.0. The van der Waals surface area contributed by atoms with Gasteiger partial charge in [-0.2, -0.15) is 0 Å². The van der Waals surface area contributed by atoms with Gasteiger partial charge in [0.25, 0.3) is 0 Å². The molecule has 0 saturated heterocycles. The lowest BCUT2D eigenvalue weighted by Crippen LogP contribution is -2.28. The minimum absolute atomic E-state index is 0.0745. The maximum absolute atomic E-state index is 12.2. The SMILES string of the molecule is CC/C=C\C/C=C\C/C=C\CCCCCC(=O)OC(CO)COC(=O)CCCCCCCCCCCCCCCCCCCCCCCCCCCCCCCCCCCCCCCC. The minimum Gasteiger partial charge on any atom is -0.462 e. The van der Waals surface area contributed by atoms with Crippen LogP contribution >= 0.6 is 0 Å². The second-order valence-corrected chi connectivity index (χ2v) is 19.7. The van der Waals surface area contributed by atoms with E-state index in [0.717, 1.165) is 64.2 Å². The Balaban J connectivity index is 3.34. The lowest BCUT2D eigenvalue weighted by Gasteiger charge is -2.15. The van der Waals surface area contributed by atoms with Crippen molar-refractivity contribution in [3.8, 4) is 0 Å². The van der Waals surface area contributed by atoms with E-state index in [2.05, 4.69) is 50.3 Å². The number of carbonyl (C=O) groups is 2. The second-order valence-electron chi connectivity index (χ2n) is 19.7. The first-order chi connectivity index (χ1) is 32.1. The summed E-state index contributed by atoms with van der Waals surface area (Å²) >= 11 is 0. The molecule has 0 bridgehead atoms. The average molecular weight is 914 g/mol. The molecule has 0 radical (unpaired) electrons. The highest BCUT2D eigenvalue weighted by atomic mass is 16.6. The number of aliphatic hydroxyl groups is 1. The van der Waals surface area contributed by atoms with Crippen molar-refractivity contribution in [3.05, 3.63) is 36.5 Å². The summed E-state index contributed by atoms with van der Waals surface area (Å²) in [7, 11) is 0. The van der Waals surface area contributed by atoms with Crippen LogP contribution in [0.15, 0.2) is 36.5 Å². The first-order valence-corrected chi connectivity index (χ1v) is 29.0. The van der Waals surface area contributed by atoms with Crippen molar-refractivity contribution in [3.63, 3.8) is 0 Å². The van der Waals surface area contributed by atoms with Gasteiger partial charge in [0.1, 0.15) is 6.61 Å². The summed E-state index contributed by atoms with van der Waals surface area (Å²) in [5.74, 6) is -0.613. The normalized spacial score (nSPS) is 12.4. The van der Waals surface area contributed by atoms with E-state index < -0.39 is 6.10 Å². The third kappa shape index (κ3) is 54.6. The number of carbonyl (C=O) groups excluding carboxylic acids is 2. The van der Waals surface area contributed by atoms with Crippen molar-refractivity contribution < 1.29 is 24.2 Å². The minimum atomic E-state index is -0.785. The Morgan fingerprint density at radius 3 is 1.00 bits per heavy atom. The van der Waals surface area contributed by atoms with Crippen molar-refractivity contribution in [2.24, 2.45) is 0 Å². The maximum Gasteiger partial charge on any atom is 0.306 e. The van der Waals surface area contributed by atoms with Crippen LogP contribution in [0.3, 0.4) is 0 Å². The number of aliphatic hydroxyl groups excluding tert-OH is 1. The highest BCUT2D eigenvalue weighted by Gasteiger charge is 2.16. The Kier molecular flexibility index (Phi) is 54.8. The van der Waals surface area contributed by atoms with E-state index >= 15 is 0 Å². The van der Waals surface area contributed by atoms with Gasteiger partial charge in [-0.3, -0.25) is 9.59 Å². The highest BCUT2D eigenvalue weighted by molar-refractivity contribution is 5.70. The number of hydrogen-bond acceptors (Lipinski definition) is 5. The standard InChI is InChI=1S/C60H112O5/c1-3-5-7-9-11-13-15-17-18-19-20-21-22-23-24-25-26-27-28-29-30-31-32-33-34-35-36-37-38-39-40-41-43-44-46-48-50-52-54-59(62)64-57-58(56-61)65-60(63)55-53-51-49-47-45-42-16-14-12-10-8-6-4-2/h6,8,12,14,42,45,58,61H,3-5,7,9-11,13,15-41,43-44,46-57H2,1-2H3/b8-6-,14-12-,45-42-. The van der Waals surface area contributed by atoms with Crippen molar-refractivity contribution in [1.82, 2.24) is 0 Å². The number of rotatable bonds is 54. The molecule has 0 aliphatic carbocycles. The molecule has 1 atom stereocenters. The number of allylic oxidation sites excluding steroid dienone is 6. The highest BCUT2D eigenvalue weighted by Crippen LogP contribution is 2.18. The Bertz CT molecular complexity index is 1030. The molecule has 5 heteroatoms. The van der Waals surface area contributed by atoms with Gasteiger partial charge in [0.2, 0.25) is 0 Å². The van der Waals surface area contributed by atoms with Crippen molar-refractivity contribution in [1.29, 1.82) is 0 Å². The summed E-state index contributed by atoms with van der Waals surface area (Å²) in [4.78, 5) is 24.4. The van der Waals surface area contributed by atoms with Crippen LogP contribution in [0.1, 0.15) is 316 Å². The quantitative estimate of drug-likeness (QED) is 0.0374. The zero-order valence-electron chi connectivity index (χ0n) is 43.8. The number of ether oxygens (including phenoxy) is 2. The molecule has 0 aromatic rings. The number of hydrogen-bond donors (Lipinski definition) is 1. The van der Waals surface area contributed by atoms with Gasteiger partial charge in [-0.1, -0.05) is 294 Å². The van der Waals surface area contributed by atoms with E-state index in [4.69, 9.17) is 9.47 Å². The van der Waals surface area contributed by atoms with Crippen LogP contribution in [-0.2, 0) is 19.1 Å². The van der Waals surface area contributed by atoms with Crippen LogP contribution in [0.2, 0.25) is 0 Å². The lowest BCUT2D eigenvalue weighted by molar-refractivity contribution is -0.161. The summed E-state index contributed by atoms with van der Waals surface area (Å²) < 4.78 is 10.6. The Morgan fingerprint density at radius 2 is 0.662 bits per heavy atom. The third-order valence-corrected chi connectivity index (χ3v) is 13.2. The zero-order valence-corrected chi connectivity index (χ0v) is 43.8. The fourth-order valence-electron chi connectivity index (χ4n) is 8.87. The Hall–Kier alpha value is -1.88. The molecule has 0 aromatic heterocycles. The zero-order chi connectivity index (χ0) is 47.0. The molecular formula is C60H112O5. The molecule has 0 aromatic carbocycles. The molecule has 65 heavy (non-hydrogen) atoms. The molecule has 0 heterocycles. The van der Waals surface area contributed by atoms with Gasteiger partial charge in [0.05, 0.1) is 6.61 Å². The molecule has 0 amide bonds. The van der Waals surface area contributed by atoms with Crippen LogP contribution in [0.4, 0.5) is 0 Å². The molecule has 0 spiro atoms. The van der Waals surface area contributed by atoms with E-state index in [9.17, 15) is 14.7 Å². The fraction of sp³-hybridized carbons (Fsp3) is 0.867. The molecule has 382 valence electrons. The Labute approximate surface area is 406 Å². The molecule has 0 rings (SSSR count). The second kappa shape index (κ2) is 56.4. The number of unbranched alkanes of at least 4 members (excludes halogenated alkanes) is 40. The van der Waals surface area contributed by atoms with Gasteiger partial charge in [-0.25, -0.2) is 0 Å². The van der Waals surface area contributed by atoms with Gasteiger partial charge in [0.15, 0.2) is 6.10 Å². The van der Waals surface area contributed by atoms with E-state index in [1.165, 1.54) is 225 Å². The molecule has 5 nitrogen and oxygen atoms in total. The van der Waals surface area contributed by atoms with Gasteiger partial charge < -0.3 is 14.6 Å². The number of esters is 2. The van der Waals surface area contributed by atoms with Crippen molar-refractivity contribution in [2.45, 2.75) is 322 Å². The summed E-state index contributed by atoms with van der Waals surface area (Å²) in [5, 5.41) is 9.60. The van der Waals surface area contributed by atoms with E-state index in [-0.39, 0.29) is 25.2 Å². The topological polar surface area (TPSA) is 72.8 Å². The van der Waals surface area contributed by atoms with E-state index in [1.54, 1.807) is 0 Å². The molecule has 1 unspecified atom stereocenters. The summed E-state index contributed by atoms with van der Waals surface area (Å²) in [6.07, 6.45) is 73.1. The summed E-state index contributed by atoms with van der Waals surface area (Å²) in [6.45, 7) is 4.03. The largest absolute Gasteiger partial charge is 0.462 e. The van der Waals surface area contributed by atoms with Crippen LogP contribution < -0.4 is 0 Å². The Morgan fingerprint density at radius 1 is 0.369 bits per heavy atom. The van der Waals surface area contributed by atoms with Gasteiger partial charge in [0, 0.05) is 12.8 Å². The maximum atomic E-state index is 12.2. The molecule has 0 aliphatic heterocycles. The fourth-order valence-corrected chi connectivity index (χ4v) is 8.87. The third-order valence-electron chi connectivity index (χ3n) is 13.2. The van der Waals surface area contributed by atoms with Crippen LogP contribution in [0.5, 0.6) is 0 Å². The van der Waals surface area contributed by atoms with Gasteiger partial charge in [-0.15, -0.1) is 0 Å². The van der Waals surface area contributed by atoms with E-state index in [1.807, 2.05) is 0 Å². The van der Waals surface area contributed by atoms with Gasteiger partial charge in [-0.05, 0) is 44.9 Å². The van der Waals surface area contributed by atoms with E-state index in [0.29, 0.717) is 12.8 Å². The molecule has 0 aliphatic rings. The molecular weight excluding hydrogens is 801 g/mol. The summed E-state index contributed by atoms with van der Waals surface area (Å²) in [5.41, 5.74) is 0. The predicted octanol–water partition coefficient (Wildman–Crippen LogP) is 19.5.